The van der Waals surface area contributed by atoms with E-state index < -0.39 is 0 Å². The van der Waals surface area contributed by atoms with Crippen molar-refractivity contribution in [3.63, 3.8) is 0 Å². The van der Waals surface area contributed by atoms with Crippen LogP contribution < -0.4 is 10.6 Å². The van der Waals surface area contributed by atoms with Crippen molar-refractivity contribution < 1.29 is 9.59 Å². The lowest BCUT2D eigenvalue weighted by atomic mass is 10.2. The number of benzene rings is 1. The average Bonchev–Trinajstić information content (AvgIpc) is 3.17. The smallest absolute Gasteiger partial charge is 0.273 e. The fraction of sp³-hybridized carbons (Fsp3) is 0.450. The van der Waals surface area contributed by atoms with E-state index in [2.05, 4.69) is 34.4 Å². The molecule has 7 nitrogen and oxygen atoms in total. The van der Waals surface area contributed by atoms with E-state index in [1.807, 2.05) is 18.2 Å². The molecule has 0 spiro atoms. The summed E-state index contributed by atoms with van der Waals surface area (Å²) in [6.45, 7) is 7.72. The Bertz CT molecular complexity index is 849. The lowest BCUT2D eigenvalue weighted by molar-refractivity contribution is -0.122. The van der Waals surface area contributed by atoms with Crippen molar-refractivity contribution >= 4 is 45.6 Å². The highest BCUT2D eigenvalue weighted by Gasteiger charge is 2.25. The molecule has 1 saturated heterocycles. The highest BCUT2D eigenvalue weighted by atomic mass is 35.5. The van der Waals surface area contributed by atoms with Crippen molar-refractivity contribution in [2.24, 2.45) is 5.92 Å². The summed E-state index contributed by atoms with van der Waals surface area (Å²) < 4.78 is 0. The van der Waals surface area contributed by atoms with Crippen LogP contribution in [0.4, 0.5) is 10.8 Å². The van der Waals surface area contributed by atoms with Crippen molar-refractivity contribution in [3.05, 3.63) is 40.4 Å². The SMILES string of the molecule is CC(C)CNC(=O)CN1CCN(C(=O)c2csc(Nc3ccccc3Cl)n2)CC1. The highest BCUT2D eigenvalue weighted by molar-refractivity contribution is 7.14. The monoisotopic (exact) mass is 435 g/mol. The Balaban J connectivity index is 1.49. The summed E-state index contributed by atoms with van der Waals surface area (Å²) in [5.74, 6) is 0.384. The van der Waals surface area contributed by atoms with Gasteiger partial charge in [-0.05, 0) is 18.1 Å². The summed E-state index contributed by atoms with van der Waals surface area (Å²) in [4.78, 5) is 33.0. The Morgan fingerprint density at radius 3 is 2.62 bits per heavy atom. The van der Waals surface area contributed by atoms with Gasteiger partial charge in [0.25, 0.3) is 5.91 Å². The van der Waals surface area contributed by atoms with E-state index in [0.717, 1.165) is 5.69 Å². The number of hydrogen-bond donors (Lipinski definition) is 2. The molecule has 2 N–H and O–H groups in total. The average molecular weight is 436 g/mol. The first kappa shape index (κ1) is 21.5. The van der Waals surface area contributed by atoms with Gasteiger partial charge in [0, 0.05) is 38.1 Å². The zero-order chi connectivity index (χ0) is 20.8. The summed E-state index contributed by atoms with van der Waals surface area (Å²) in [5, 5.41) is 9.07. The molecular weight excluding hydrogens is 410 g/mol. The van der Waals surface area contributed by atoms with Crippen molar-refractivity contribution in [1.29, 1.82) is 0 Å². The van der Waals surface area contributed by atoms with Crippen LogP contribution in [-0.2, 0) is 4.79 Å². The number of nitrogens with one attached hydrogen (secondary N) is 2. The fourth-order valence-electron chi connectivity index (χ4n) is 2.96. The number of hydrogen-bond acceptors (Lipinski definition) is 6. The van der Waals surface area contributed by atoms with Gasteiger partial charge < -0.3 is 15.5 Å². The Morgan fingerprint density at radius 1 is 1.21 bits per heavy atom. The van der Waals surface area contributed by atoms with E-state index in [1.165, 1.54) is 11.3 Å². The van der Waals surface area contributed by atoms with Gasteiger partial charge in [-0.25, -0.2) is 4.98 Å². The van der Waals surface area contributed by atoms with Gasteiger partial charge in [0.05, 0.1) is 17.3 Å². The molecule has 0 saturated carbocycles. The Hall–Kier alpha value is -2.16. The molecule has 1 aliphatic rings. The molecule has 156 valence electrons. The van der Waals surface area contributed by atoms with E-state index in [0.29, 0.717) is 61.0 Å². The van der Waals surface area contributed by atoms with Crippen LogP contribution in [-0.4, -0.2) is 65.9 Å². The van der Waals surface area contributed by atoms with E-state index in [4.69, 9.17) is 11.6 Å². The minimum absolute atomic E-state index is 0.0354. The molecule has 1 fully saturated rings. The lowest BCUT2D eigenvalue weighted by Gasteiger charge is -2.34. The van der Waals surface area contributed by atoms with E-state index in [1.54, 1.807) is 16.3 Å². The maximum Gasteiger partial charge on any atom is 0.273 e. The number of carbonyl (C=O) groups is 2. The molecule has 9 heteroatoms. The number of rotatable bonds is 7. The quantitative estimate of drug-likeness (QED) is 0.698. The molecule has 2 heterocycles. The first-order valence-corrected chi connectivity index (χ1v) is 10.9. The van der Waals surface area contributed by atoms with E-state index in [-0.39, 0.29) is 11.8 Å². The molecule has 0 radical (unpaired) electrons. The van der Waals surface area contributed by atoms with Gasteiger partial charge in [0.1, 0.15) is 5.69 Å². The van der Waals surface area contributed by atoms with Gasteiger partial charge in [0.15, 0.2) is 5.13 Å². The summed E-state index contributed by atoms with van der Waals surface area (Å²) >= 11 is 7.53. The molecular formula is C20H26ClN5O2S. The van der Waals surface area contributed by atoms with E-state index >= 15 is 0 Å². The number of anilines is 2. The van der Waals surface area contributed by atoms with Crippen LogP contribution in [0.25, 0.3) is 0 Å². The van der Waals surface area contributed by atoms with E-state index in [9.17, 15) is 9.59 Å². The van der Waals surface area contributed by atoms with Gasteiger partial charge in [-0.1, -0.05) is 37.6 Å². The van der Waals surface area contributed by atoms with Crippen LogP contribution in [0.2, 0.25) is 5.02 Å². The molecule has 29 heavy (non-hydrogen) atoms. The van der Waals surface area contributed by atoms with Crippen LogP contribution in [0.5, 0.6) is 0 Å². The predicted octanol–water partition coefficient (Wildman–Crippen LogP) is 3.07. The number of thiazole rings is 1. The Kier molecular flexibility index (Phi) is 7.46. The zero-order valence-corrected chi connectivity index (χ0v) is 18.2. The molecule has 0 bridgehead atoms. The summed E-state index contributed by atoms with van der Waals surface area (Å²) in [5.41, 5.74) is 1.18. The third kappa shape index (κ3) is 6.16. The predicted molar refractivity (Wildman–Crippen MR) is 117 cm³/mol. The van der Waals surface area contributed by atoms with Crippen LogP contribution in [0.3, 0.4) is 0 Å². The normalized spacial score (nSPS) is 14.8. The number of para-hydroxylation sites is 1. The fourth-order valence-corrected chi connectivity index (χ4v) is 3.83. The maximum absolute atomic E-state index is 12.8. The summed E-state index contributed by atoms with van der Waals surface area (Å²) in [6, 6.07) is 7.41. The van der Waals surface area contributed by atoms with Crippen LogP contribution in [0.1, 0.15) is 24.3 Å². The van der Waals surface area contributed by atoms with Crippen LogP contribution in [0.15, 0.2) is 29.6 Å². The molecule has 0 unspecified atom stereocenters. The Labute approximate surface area is 180 Å². The number of halogens is 1. The van der Waals surface area contributed by atoms with Crippen molar-refractivity contribution in [3.8, 4) is 0 Å². The number of piperazine rings is 1. The van der Waals surface area contributed by atoms with Crippen molar-refractivity contribution in [1.82, 2.24) is 20.1 Å². The molecule has 1 aromatic heterocycles. The first-order chi connectivity index (χ1) is 13.9. The molecule has 2 amide bonds. The molecule has 1 aromatic carbocycles. The number of carbonyl (C=O) groups excluding carboxylic acids is 2. The molecule has 3 rings (SSSR count). The second-order valence-corrected chi connectivity index (χ2v) is 8.67. The standard InChI is InChI=1S/C20H26ClN5O2S/c1-14(2)11-22-18(27)12-25-7-9-26(10-8-25)19(28)17-13-29-20(24-17)23-16-6-4-3-5-15(16)21/h3-6,13-14H,7-12H2,1-2H3,(H,22,27)(H,23,24). The van der Waals surface area contributed by atoms with Gasteiger partial charge in [-0.15, -0.1) is 11.3 Å². The Morgan fingerprint density at radius 2 is 1.93 bits per heavy atom. The zero-order valence-electron chi connectivity index (χ0n) is 16.7. The third-order valence-electron chi connectivity index (χ3n) is 4.57. The summed E-state index contributed by atoms with van der Waals surface area (Å²) in [6.07, 6.45) is 0. The summed E-state index contributed by atoms with van der Waals surface area (Å²) in [7, 11) is 0. The largest absolute Gasteiger partial charge is 0.355 e. The lowest BCUT2D eigenvalue weighted by Crippen LogP contribution is -2.51. The van der Waals surface area contributed by atoms with Crippen LogP contribution in [0, 0.1) is 5.92 Å². The minimum Gasteiger partial charge on any atom is -0.355 e. The van der Waals surface area contributed by atoms with Gasteiger partial charge in [0.2, 0.25) is 5.91 Å². The number of amides is 2. The molecule has 0 aliphatic carbocycles. The third-order valence-corrected chi connectivity index (χ3v) is 5.66. The number of nitrogens with zero attached hydrogens (tertiary/aromatic N) is 3. The molecule has 2 aromatic rings. The minimum atomic E-state index is -0.0858. The maximum atomic E-state index is 12.8. The van der Waals surface area contributed by atoms with Crippen molar-refractivity contribution in [2.75, 3.05) is 44.6 Å². The topological polar surface area (TPSA) is 77.6 Å². The molecule has 1 aliphatic heterocycles. The van der Waals surface area contributed by atoms with Gasteiger partial charge in [-0.2, -0.15) is 0 Å². The highest BCUT2D eigenvalue weighted by Crippen LogP contribution is 2.27. The van der Waals surface area contributed by atoms with Gasteiger partial charge in [-0.3, -0.25) is 14.5 Å². The molecule has 0 atom stereocenters. The number of aromatic nitrogens is 1. The second-order valence-electron chi connectivity index (χ2n) is 7.41. The van der Waals surface area contributed by atoms with Crippen molar-refractivity contribution in [2.45, 2.75) is 13.8 Å². The first-order valence-electron chi connectivity index (χ1n) is 9.68. The van der Waals surface area contributed by atoms with Gasteiger partial charge >= 0.3 is 0 Å². The second kappa shape index (κ2) is 10.0. The van der Waals surface area contributed by atoms with Crippen LogP contribution >= 0.6 is 22.9 Å².